The molecular formula is C13H19ClN2O3. The predicted molar refractivity (Wildman–Crippen MR) is 74.3 cm³/mol. The normalized spacial score (nSPS) is 12.2. The third kappa shape index (κ3) is 5.46. The topological polar surface area (TPSA) is 73.6 Å². The number of benzene rings is 1. The number of halogens is 1. The minimum Gasteiger partial charge on any atom is -0.481 e. The third-order valence-electron chi connectivity index (χ3n) is 2.53. The van der Waals surface area contributed by atoms with Crippen molar-refractivity contribution < 1.29 is 14.3 Å². The van der Waals surface area contributed by atoms with Gasteiger partial charge in [0.2, 0.25) is 0 Å². The Morgan fingerprint density at radius 2 is 2.26 bits per heavy atom. The van der Waals surface area contributed by atoms with Gasteiger partial charge in [-0.2, -0.15) is 0 Å². The summed E-state index contributed by atoms with van der Waals surface area (Å²) in [5.41, 5.74) is 6.05. The van der Waals surface area contributed by atoms with E-state index in [4.69, 9.17) is 26.8 Å². The number of carbonyl (C=O) groups excluding carboxylic acids is 1. The second-order valence-electron chi connectivity index (χ2n) is 4.08. The summed E-state index contributed by atoms with van der Waals surface area (Å²) in [5, 5.41) is 3.81. The molecule has 0 saturated carbocycles. The maximum atomic E-state index is 11.0. The van der Waals surface area contributed by atoms with E-state index in [1.165, 1.54) is 0 Å². The number of carbonyl (C=O) groups is 1. The molecule has 5 nitrogen and oxygen atoms in total. The monoisotopic (exact) mass is 286 g/mol. The van der Waals surface area contributed by atoms with Crippen LogP contribution in [-0.4, -0.2) is 32.3 Å². The van der Waals surface area contributed by atoms with Gasteiger partial charge in [0.1, 0.15) is 5.75 Å². The molecule has 1 unspecified atom stereocenters. The summed E-state index contributed by atoms with van der Waals surface area (Å²) in [4.78, 5) is 11.0. The number of primary amides is 1. The Bertz CT molecular complexity index is 426. The number of nitrogens with two attached hydrogens (primary N) is 1. The third-order valence-corrected chi connectivity index (χ3v) is 2.76. The molecule has 1 atom stereocenters. The molecule has 0 bridgehead atoms. The minimum atomic E-state index is -0.682. The van der Waals surface area contributed by atoms with Gasteiger partial charge >= 0.3 is 0 Å². The van der Waals surface area contributed by atoms with Crippen molar-refractivity contribution in [3.05, 3.63) is 28.8 Å². The molecule has 6 heteroatoms. The molecule has 1 amide bonds. The number of rotatable bonds is 8. The van der Waals surface area contributed by atoms with Gasteiger partial charge in [-0.25, -0.2) is 0 Å². The molecule has 0 aliphatic carbocycles. The van der Waals surface area contributed by atoms with Crippen LogP contribution in [0.25, 0.3) is 0 Å². The summed E-state index contributed by atoms with van der Waals surface area (Å²) in [6, 6.07) is 5.24. The molecule has 0 saturated heterocycles. The van der Waals surface area contributed by atoms with Crippen LogP contribution in [0.3, 0.4) is 0 Å². The van der Waals surface area contributed by atoms with Crippen molar-refractivity contribution in [3.63, 3.8) is 0 Å². The van der Waals surface area contributed by atoms with E-state index in [0.29, 0.717) is 30.5 Å². The first-order chi connectivity index (χ1) is 9.04. The smallest absolute Gasteiger partial charge is 0.258 e. The number of nitrogens with one attached hydrogen (secondary N) is 1. The molecular weight excluding hydrogens is 268 g/mol. The fourth-order valence-electron chi connectivity index (χ4n) is 1.45. The van der Waals surface area contributed by atoms with Crippen LogP contribution in [0.15, 0.2) is 18.2 Å². The summed E-state index contributed by atoms with van der Waals surface area (Å²) in [5.74, 6) is 0.0915. The lowest BCUT2D eigenvalue weighted by molar-refractivity contribution is -0.124. The van der Waals surface area contributed by atoms with E-state index < -0.39 is 12.0 Å². The number of hydrogen-bond donors (Lipinski definition) is 2. The number of hydrogen-bond acceptors (Lipinski definition) is 4. The van der Waals surface area contributed by atoms with Gasteiger partial charge in [-0.15, -0.1) is 0 Å². The average Bonchev–Trinajstić information content (AvgIpc) is 2.37. The Hall–Kier alpha value is -1.30. The van der Waals surface area contributed by atoms with Gasteiger partial charge in [0.25, 0.3) is 5.91 Å². The van der Waals surface area contributed by atoms with E-state index in [0.717, 1.165) is 5.56 Å². The molecule has 0 aliphatic rings. The highest BCUT2D eigenvalue weighted by Crippen LogP contribution is 2.23. The fraction of sp³-hybridized carbons (Fsp3) is 0.462. The fourth-order valence-corrected chi connectivity index (χ4v) is 1.64. The summed E-state index contributed by atoms with van der Waals surface area (Å²) in [6.45, 7) is 3.52. The molecule has 1 aromatic rings. The zero-order valence-electron chi connectivity index (χ0n) is 11.1. The zero-order valence-corrected chi connectivity index (χ0v) is 11.9. The minimum absolute atomic E-state index is 0.506. The lowest BCUT2D eigenvalue weighted by Gasteiger charge is -2.15. The molecule has 0 aromatic heterocycles. The molecule has 0 heterocycles. The maximum Gasteiger partial charge on any atom is 0.258 e. The van der Waals surface area contributed by atoms with Gasteiger partial charge in [-0.3, -0.25) is 4.79 Å². The van der Waals surface area contributed by atoms with Crippen LogP contribution in [-0.2, 0) is 16.1 Å². The standard InChI is InChI=1S/C13H19ClN2O3/c1-9(13(15)17)19-12-4-3-11(14)7-10(12)8-16-5-6-18-2/h3-4,7,9,16H,5-6,8H2,1-2H3,(H2,15,17). The molecule has 0 aliphatic heterocycles. The molecule has 0 spiro atoms. The summed E-state index contributed by atoms with van der Waals surface area (Å²) in [6.07, 6.45) is -0.682. The molecule has 106 valence electrons. The Morgan fingerprint density at radius 1 is 1.53 bits per heavy atom. The van der Waals surface area contributed by atoms with Gasteiger partial charge in [-0.1, -0.05) is 11.6 Å². The van der Waals surface area contributed by atoms with Crippen molar-refractivity contribution in [2.24, 2.45) is 5.73 Å². The molecule has 0 fully saturated rings. The van der Waals surface area contributed by atoms with Gasteiger partial charge in [0.15, 0.2) is 6.10 Å². The Balaban J connectivity index is 2.71. The number of amides is 1. The highest BCUT2D eigenvalue weighted by atomic mass is 35.5. The van der Waals surface area contributed by atoms with E-state index in [-0.39, 0.29) is 0 Å². The maximum absolute atomic E-state index is 11.0. The Morgan fingerprint density at radius 3 is 2.89 bits per heavy atom. The Kier molecular flexibility index (Phi) is 6.62. The lowest BCUT2D eigenvalue weighted by Crippen LogP contribution is -2.31. The van der Waals surface area contributed by atoms with Crippen LogP contribution < -0.4 is 15.8 Å². The average molecular weight is 287 g/mol. The summed E-state index contributed by atoms with van der Waals surface area (Å²) in [7, 11) is 1.64. The van der Waals surface area contributed by atoms with Gasteiger partial charge in [-0.05, 0) is 25.1 Å². The van der Waals surface area contributed by atoms with Crippen LogP contribution in [0.2, 0.25) is 5.02 Å². The van der Waals surface area contributed by atoms with Crippen molar-refractivity contribution in [2.45, 2.75) is 19.6 Å². The second kappa shape index (κ2) is 7.99. The van der Waals surface area contributed by atoms with Crippen LogP contribution in [0, 0.1) is 0 Å². The highest BCUT2D eigenvalue weighted by molar-refractivity contribution is 6.30. The first-order valence-electron chi connectivity index (χ1n) is 5.98. The molecule has 19 heavy (non-hydrogen) atoms. The van der Waals surface area contributed by atoms with E-state index in [1.807, 2.05) is 0 Å². The largest absolute Gasteiger partial charge is 0.481 e. The molecule has 1 aromatic carbocycles. The van der Waals surface area contributed by atoms with Crippen molar-refractivity contribution in [3.8, 4) is 5.75 Å². The van der Waals surface area contributed by atoms with E-state index in [2.05, 4.69) is 5.32 Å². The molecule has 3 N–H and O–H groups in total. The summed E-state index contributed by atoms with van der Waals surface area (Å²) < 4.78 is 10.5. The second-order valence-corrected chi connectivity index (χ2v) is 4.52. The summed E-state index contributed by atoms with van der Waals surface area (Å²) >= 11 is 5.96. The predicted octanol–water partition coefficient (Wildman–Crippen LogP) is 1.33. The molecule has 0 radical (unpaired) electrons. The van der Waals surface area contributed by atoms with E-state index in [9.17, 15) is 4.79 Å². The van der Waals surface area contributed by atoms with Crippen molar-refractivity contribution in [1.29, 1.82) is 0 Å². The molecule has 1 rings (SSSR count). The van der Waals surface area contributed by atoms with Crippen molar-refractivity contribution in [1.82, 2.24) is 5.32 Å². The highest BCUT2D eigenvalue weighted by Gasteiger charge is 2.13. The lowest BCUT2D eigenvalue weighted by atomic mass is 10.2. The Labute approximate surface area is 118 Å². The van der Waals surface area contributed by atoms with Gasteiger partial charge < -0.3 is 20.5 Å². The van der Waals surface area contributed by atoms with Gasteiger partial charge in [0.05, 0.1) is 6.61 Å². The zero-order chi connectivity index (χ0) is 14.3. The quantitative estimate of drug-likeness (QED) is 0.707. The number of ether oxygens (including phenoxy) is 2. The van der Waals surface area contributed by atoms with Crippen LogP contribution in [0.1, 0.15) is 12.5 Å². The van der Waals surface area contributed by atoms with Crippen LogP contribution >= 0.6 is 11.6 Å². The van der Waals surface area contributed by atoms with Crippen molar-refractivity contribution >= 4 is 17.5 Å². The SMILES string of the molecule is COCCNCc1cc(Cl)ccc1OC(C)C(N)=O. The number of methoxy groups -OCH3 is 1. The first-order valence-corrected chi connectivity index (χ1v) is 6.36. The van der Waals surface area contributed by atoms with E-state index >= 15 is 0 Å². The van der Waals surface area contributed by atoms with E-state index in [1.54, 1.807) is 32.2 Å². The van der Waals surface area contributed by atoms with Crippen LogP contribution in [0.5, 0.6) is 5.75 Å². The first kappa shape index (κ1) is 15.8. The van der Waals surface area contributed by atoms with Gasteiger partial charge in [0, 0.05) is 30.8 Å². The van der Waals surface area contributed by atoms with Crippen LogP contribution in [0.4, 0.5) is 0 Å². The van der Waals surface area contributed by atoms with Crippen molar-refractivity contribution in [2.75, 3.05) is 20.3 Å².